The van der Waals surface area contributed by atoms with E-state index in [0.717, 1.165) is 48.8 Å². The van der Waals surface area contributed by atoms with Crippen molar-refractivity contribution in [3.8, 4) is 0 Å². The molecule has 14 nitrogen and oxygen atoms in total. The molecule has 3 aliphatic carbocycles. The number of amides is 6. The van der Waals surface area contributed by atoms with Crippen molar-refractivity contribution in [2.24, 2.45) is 11.8 Å². The standard InChI is InChI=1S/C37H48N6O8S/c1-3-26-19-37(26,34(46)40-52(49,50)28-15-16-28)39-32(44)30-18-27-21-43(30)33(45)31(24-11-5-4-6-12-24)38-35(47)41(2)17-8-7-10-23-13-9-14-25-20-42(22-29(23)25)36(48)51-27/h3,7,9-10,13-14,24,26-28,30-31H,1,4-6,8,11-12,15-22H2,2H3,(H,38,47)(H,39,44)(H,40,46)/b10-7+/t26-,27+,30-,31-,37+/m0/s1. The number of fused-ring (bicyclic) bond motifs is 3. The lowest BCUT2D eigenvalue weighted by Gasteiger charge is -2.35. The lowest BCUT2D eigenvalue weighted by atomic mass is 9.83. The Morgan fingerprint density at radius 2 is 1.85 bits per heavy atom. The number of benzene rings is 1. The van der Waals surface area contributed by atoms with Crippen molar-refractivity contribution in [2.45, 2.75) is 106 Å². The van der Waals surface area contributed by atoms with Crippen molar-refractivity contribution in [2.75, 3.05) is 20.1 Å². The number of nitrogens with one attached hydrogen (secondary N) is 3. The minimum atomic E-state index is -3.90. The van der Waals surface area contributed by atoms with Gasteiger partial charge in [0.15, 0.2) is 0 Å². The predicted molar refractivity (Wildman–Crippen MR) is 191 cm³/mol. The Kier molecular flexibility index (Phi) is 9.83. The first-order chi connectivity index (χ1) is 24.9. The molecule has 52 heavy (non-hydrogen) atoms. The molecule has 3 N–H and O–H groups in total. The van der Waals surface area contributed by atoms with E-state index in [4.69, 9.17) is 4.74 Å². The topological polar surface area (TPSA) is 175 Å². The third-order valence-electron chi connectivity index (χ3n) is 11.6. The van der Waals surface area contributed by atoms with Crippen molar-refractivity contribution in [1.82, 2.24) is 30.1 Å². The molecule has 0 unspecified atom stereocenters. The van der Waals surface area contributed by atoms with Crippen LogP contribution >= 0.6 is 0 Å². The number of hydrogen-bond acceptors (Lipinski definition) is 8. The Labute approximate surface area is 304 Å². The molecule has 3 aliphatic heterocycles. The van der Waals surface area contributed by atoms with Gasteiger partial charge in [-0.15, -0.1) is 6.58 Å². The molecule has 3 heterocycles. The number of nitrogens with zero attached hydrogens (tertiary/aromatic N) is 3. The van der Waals surface area contributed by atoms with E-state index in [1.165, 1.54) is 11.0 Å². The summed E-state index contributed by atoms with van der Waals surface area (Å²) < 4.78 is 33.5. The molecule has 5 atom stereocenters. The van der Waals surface area contributed by atoms with Crippen LogP contribution in [0, 0.1) is 11.8 Å². The number of sulfonamides is 1. The Balaban J connectivity index is 1.18. The molecular weight excluding hydrogens is 689 g/mol. The van der Waals surface area contributed by atoms with E-state index in [1.807, 2.05) is 30.4 Å². The van der Waals surface area contributed by atoms with Crippen LogP contribution < -0.4 is 15.4 Å². The normalized spacial score (nSPS) is 30.5. The zero-order chi connectivity index (χ0) is 36.8. The van der Waals surface area contributed by atoms with E-state index in [2.05, 4.69) is 21.9 Å². The molecular formula is C37H48N6O8S. The lowest BCUT2D eigenvalue weighted by molar-refractivity contribution is -0.142. The summed E-state index contributed by atoms with van der Waals surface area (Å²) in [6.45, 7) is 4.78. The van der Waals surface area contributed by atoms with Crippen molar-refractivity contribution >= 4 is 45.9 Å². The molecule has 6 aliphatic rings. The van der Waals surface area contributed by atoms with Crippen LogP contribution in [0.5, 0.6) is 0 Å². The summed E-state index contributed by atoms with van der Waals surface area (Å²) in [5, 5.41) is 5.14. The van der Waals surface area contributed by atoms with Crippen LogP contribution in [0.25, 0.3) is 6.08 Å². The molecule has 1 aromatic carbocycles. The molecule has 0 spiro atoms. The third kappa shape index (κ3) is 7.15. The Hall–Kier alpha value is -4.40. The summed E-state index contributed by atoms with van der Waals surface area (Å²) in [6, 6.07) is 3.41. The molecule has 0 radical (unpaired) electrons. The second-order valence-electron chi connectivity index (χ2n) is 15.2. The molecule has 1 saturated heterocycles. The number of rotatable bonds is 7. The van der Waals surface area contributed by atoms with E-state index < -0.39 is 74.8 Å². The predicted octanol–water partition coefficient (Wildman–Crippen LogP) is 2.78. The first-order valence-corrected chi connectivity index (χ1v) is 20.0. The van der Waals surface area contributed by atoms with Crippen LogP contribution in [0.3, 0.4) is 0 Å². The van der Waals surface area contributed by atoms with Crippen molar-refractivity contribution in [1.29, 1.82) is 0 Å². The maximum atomic E-state index is 14.7. The van der Waals surface area contributed by atoms with Gasteiger partial charge in [-0.2, -0.15) is 0 Å². The summed E-state index contributed by atoms with van der Waals surface area (Å²) in [6.07, 6.45) is 9.94. The fourth-order valence-corrected chi connectivity index (χ4v) is 9.56. The molecule has 6 amide bonds. The second kappa shape index (κ2) is 14.2. The van der Waals surface area contributed by atoms with Gasteiger partial charge < -0.3 is 25.2 Å². The minimum absolute atomic E-state index is 0.0415. The van der Waals surface area contributed by atoms with Crippen LogP contribution in [0.1, 0.15) is 80.9 Å². The highest BCUT2D eigenvalue weighted by Gasteiger charge is 2.62. The van der Waals surface area contributed by atoms with Crippen molar-refractivity contribution in [3.05, 3.63) is 53.6 Å². The molecule has 7 rings (SSSR count). The van der Waals surface area contributed by atoms with Crippen molar-refractivity contribution < 1.29 is 37.1 Å². The van der Waals surface area contributed by atoms with Crippen LogP contribution in [0.15, 0.2) is 36.9 Å². The van der Waals surface area contributed by atoms with Gasteiger partial charge in [0.05, 0.1) is 18.3 Å². The van der Waals surface area contributed by atoms with Gasteiger partial charge >= 0.3 is 12.1 Å². The van der Waals surface area contributed by atoms with Gasteiger partial charge in [-0.3, -0.25) is 24.0 Å². The largest absolute Gasteiger partial charge is 0.444 e. The number of urea groups is 1. The Bertz CT molecular complexity index is 1790. The first kappa shape index (κ1) is 36.0. The number of carbonyl (C=O) groups excluding carboxylic acids is 5. The van der Waals surface area contributed by atoms with Gasteiger partial charge in [-0.05, 0) is 61.1 Å². The van der Waals surface area contributed by atoms with Crippen molar-refractivity contribution in [3.63, 3.8) is 0 Å². The van der Waals surface area contributed by atoms with E-state index in [1.54, 1.807) is 16.8 Å². The SMILES string of the molecule is C=C[C@H]1C[C@]1(NC(=O)[C@@H]1C[C@@H]2CN1C(=O)[C@H](C1CCCCC1)NC(=O)N(C)CC/C=C/c1cccc3c1CN(C3)C(=O)O2)C(=O)NS(=O)(=O)C1CC1. The molecule has 4 fully saturated rings. The van der Waals surface area contributed by atoms with Crippen LogP contribution in [0.2, 0.25) is 0 Å². The summed E-state index contributed by atoms with van der Waals surface area (Å²) >= 11 is 0. The fraction of sp³-hybridized carbons (Fsp3) is 0.595. The Morgan fingerprint density at radius 1 is 1.08 bits per heavy atom. The lowest BCUT2D eigenvalue weighted by Crippen LogP contribution is -2.60. The van der Waals surface area contributed by atoms with Crippen LogP contribution in [0.4, 0.5) is 9.59 Å². The monoisotopic (exact) mass is 736 g/mol. The van der Waals surface area contributed by atoms with Crippen LogP contribution in [-0.4, -0.2) is 102 Å². The highest BCUT2D eigenvalue weighted by atomic mass is 32.2. The van der Waals surface area contributed by atoms with E-state index in [0.29, 0.717) is 38.9 Å². The van der Waals surface area contributed by atoms with Gasteiger partial charge in [-0.1, -0.05) is 55.7 Å². The highest BCUT2D eigenvalue weighted by Crippen LogP contribution is 2.45. The van der Waals surface area contributed by atoms with Gasteiger partial charge in [0.2, 0.25) is 21.8 Å². The van der Waals surface area contributed by atoms with Gasteiger partial charge in [-0.25, -0.2) is 18.0 Å². The molecule has 280 valence electrons. The van der Waals surface area contributed by atoms with Crippen LogP contribution in [-0.2, 0) is 42.2 Å². The third-order valence-corrected chi connectivity index (χ3v) is 13.4. The second-order valence-corrected chi connectivity index (χ2v) is 17.2. The molecule has 0 aromatic heterocycles. The maximum absolute atomic E-state index is 14.7. The zero-order valence-corrected chi connectivity index (χ0v) is 30.4. The van der Waals surface area contributed by atoms with E-state index in [-0.39, 0.29) is 25.3 Å². The molecule has 4 bridgehead atoms. The number of hydrogen-bond donors (Lipinski definition) is 3. The van der Waals surface area contributed by atoms with Gasteiger partial charge in [0.1, 0.15) is 23.7 Å². The quantitative estimate of drug-likeness (QED) is 0.359. The maximum Gasteiger partial charge on any atom is 0.410 e. The summed E-state index contributed by atoms with van der Waals surface area (Å²) in [4.78, 5) is 74.1. The fourth-order valence-electron chi connectivity index (χ4n) is 8.19. The van der Waals surface area contributed by atoms with Gasteiger partial charge in [0, 0.05) is 32.5 Å². The Morgan fingerprint density at radius 3 is 2.56 bits per heavy atom. The number of carbonyl (C=O) groups is 5. The molecule has 15 heteroatoms. The minimum Gasteiger partial charge on any atom is -0.444 e. The summed E-state index contributed by atoms with van der Waals surface area (Å²) in [5.74, 6) is -2.66. The average Bonchev–Trinajstić information content (AvgIpc) is 4.02. The first-order valence-electron chi connectivity index (χ1n) is 18.5. The van der Waals surface area contributed by atoms with E-state index >= 15 is 0 Å². The van der Waals surface area contributed by atoms with E-state index in [9.17, 15) is 32.4 Å². The zero-order valence-electron chi connectivity index (χ0n) is 29.6. The summed E-state index contributed by atoms with van der Waals surface area (Å²) in [5.41, 5.74) is 1.43. The molecule has 1 aromatic rings. The molecule has 3 saturated carbocycles. The van der Waals surface area contributed by atoms with Gasteiger partial charge in [0.25, 0.3) is 5.91 Å². The average molecular weight is 737 g/mol. The smallest absolute Gasteiger partial charge is 0.410 e. The highest BCUT2D eigenvalue weighted by molar-refractivity contribution is 7.91. The number of ether oxygens (including phenoxy) is 1. The summed E-state index contributed by atoms with van der Waals surface area (Å²) in [7, 11) is -2.21.